The predicted octanol–water partition coefficient (Wildman–Crippen LogP) is 0.651. The van der Waals surface area contributed by atoms with E-state index in [1.165, 1.54) is 0 Å². The summed E-state index contributed by atoms with van der Waals surface area (Å²) < 4.78 is 0. The van der Waals surface area contributed by atoms with Crippen LogP contribution in [0.1, 0.15) is 19.8 Å². The second-order valence-electron chi connectivity index (χ2n) is 4.63. The van der Waals surface area contributed by atoms with Crippen LogP contribution in [0.25, 0.3) is 0 Å². The van der Waals surface area contributed by atoms with E-state index in [1.54, 1.807) is 31.1 Å². The van der Waals surface area contributed by atoms with Crippen LogP contribution in [0.15, 0.2) is 12.3 Å². The average Bonchev–Trinajstić information content (AvgIpc) is 2.76. The van der Waals surface area contributed by atoms with Gasteiger partial charge in [-0.15, -0.1) is 0 Å². The van der Waals surface area contributed by atoms with Crippen molar-refractivity contribution in [3.8, 4) is 0 Å². The van der Waals surface area contributed by atoms with E-state index in [1.807, 2.05) is 0 Å². The lowest BCUT2D eigenvalue weighted by atomic mass is 10.3. The largest absolute Gasteiger partial charge is 0.397 e. The van der Waals surface area contributed by atoms with E-state index in [2.05, 4.69) is 9.88 Å². The molecule has 1 aromatic rings. The molecule has 1 atom stereocenters. The van der Waals surface area contributed by atoms with Gasteiger partial charge in [-0.2, -0.15) is 0 Å². The van der Waals surface area contributed by atoms with Crippen molar-refractivity contribution in [3.63, 3.8) is 0 Å². The van der Waals surface area contributed by atoms with Gasteiger partial charge in [-0.05, 0) is 18.9 Å². The van der Waals surface area contributed by atoms with E-state index >= 15 is 0 Å². The van der Waals surface area contributed by atoms with Crippen molar-refractivity contribution in [1.29, 1.82) is 0 Å². The van der Waals surface area contributed by atoms with Crippen LogP contribution in [-0.4, -0.2) is 35.5 Å². The predicted molar refractivity (Wildman–Crippen MR) is 71.9 cm³/mol. The minimum absolute atomic E-state index is 0.0286. The normalized spacial score (nSPS) is 19.0. The van der Waals surface area contributed by atoms with Crippen LogP contribution < -0.4 is 16.4 Å². The van der Waals surface area contributed by atoms with Gasteiger partial charge in [0, 0.05) is 20.5 Å². The number of pyridine rings is 1. The number of carbonyl (C=O) groups excluding carboxylic acids is 1. The SMILES string of the molecule is CC(=O)N(C)C1CCCN1c1ncc(N)cc1N. The molecule has 1 amide bonds. The van der Waals surface area contributed by atoms with Crippen LogP contribution in [0.3, 0.4) is 0 Å². The molecule has 0 aromatic carbocycles. The van der Waals surface area contributed by atoms with Crippen molar-refractivity contribution in [2.24, 2.45) is 0 Å². The molecule has 0 bridgehead atoms. The maximum absolute atomic E-state index is 11.5. The van der Waals surface area contributed by atoms with Crippen LogP contribution >= 0.6 is 0 Å². The number of anilines is 3. The minimum atomic E-state index is 0.0286. The van der Waals surface area contributed by atoms with Crippen LogP contribution in [0.4, 0.5) is 17.2 Å². The smallest absolute Gasteiger partial charge is 0.220 e. The van der Waals surface area contributed by atoms with Crippen molar-refractivity contribution < 1.29 is 4.79 Å². The molecule has 0 aliphatic carbocycles. The lowest BCUT2D eigenvalue weighted by molar-refractivity contribution is -0.129. The zero-order chi connectivity index (χ0) is 13.3. The van der Waals surface area contributed by atoms with Gasteiger partial charge in [0.15, 0.2) is 5.82 Å². The Morgan fingerprint density at radius 1 is 1.56 bits per heavy atom. The Balaban J connectivity index is 2.28. The molecule has 4 N–H and O–H groups in total. The Hall–Kier alpha value is -1.98. The van der Waals surface area contributed by atoms with Gasteiger partial charge in [0.1, 0.15) is 6.17 Å². The highest BCUT2D eigenvalue weighted by Crippen LogP contribution is 2.30. The third-order valence-electron chi connectivity index (χ3n) is 3.35. The van der Waals surface area contributed by atoms with Crippen LogP contribution in [0, 0.1) is 0 Å². The van der Waals surface area contributed by atoms with Crippen molar-refractivity contribution in [2.45, 2.75) is 25.9 Å². The van der Waals surface area contributed by atoms with E-state index in [0.29, 0.717) is 17.2 Å². The van der Waals surface area contributed by atoms with E-state index in [-0.39, 0.29) is 12.1 Å². The summed E-state index contributed by atoms with van der Waals surface area (Å²) in [5, 5.41) is 0. The second-order valence-corrected chi connectivity index (χ2v) is 4.63. The first kappa shape index (κ1) is 12.5. The molecule has 0 spiro atoms. The highest BCUT2D eigenvalue weighted by atomic mass is 16.2. The summed E-state index contributed by atoms with van der Waals surface area (Å²) in [6.45, 7) is 2.42. The highest BCUT2D eigenvalue weighted by Gasteiger charge is 2.31. The molecule has 2 rings (SSSR count). The molecule has 0 radical (unpaired) electrons. The van der Waals surface area contributed by atoms with Gasteiger partial charge in [-0.1, -0.05) is 0 Å². The van der Waals surface area contributed by atoms with Crippen LogP contribution in [0.5, 0.6) is 0 Å². The van der Waals surface area contributed by atoms with Gasteiger partial charge in [0.2, 0.25) is 5.91 Å². The number of rotatable bonds is 2. The van der Waals surface area contributed by atoms with Crippen LogP contribution in [0.2, 0.25) is 0 Å². The van der Waals surface area contributed by atoms with Gasteiger partial charge in [0.05, 0.1) is 17.6 Å². The first-order valence-corrected chi connectivity index (χ1v) is 6.01. The lowest BCUT2D eigenvalue weighted by Crippen LogP contribution is -2.45. The molecule has 6 heteroatoms. The molecule has 0 saturated carbocycles. The van der Waals surface area contributed by atoms with Crippen molar-refractivity contribution >= 4 is 23.1 Å². The summed E-state index contributed by atoms with van der Waals surface area (Å²) in [6, 6.07) is 1.70. The average molecular weight is 249 g/mol. The number of nitrogen functional groups attached to an aromatic ring is 2. The molecule has 1 aromatic heterocycles. The Morgan fingerprint density at radius 2 is 2.28 bits per heavy atom. The Morgan fingerprint density at radius 3 is 2.89 bits per heavy atom. The first-order valence-electron chi connectivity index (χ1n) is 6.01. The third-order valence-corrected chi connectivity index (χ3v) is 3.35. The molecule has 1 saturated heterocycles. The zero-order valence-corrected chi connectivity index (χ0v) is 10.8. The molecule has 2 heterocycles. The van der Waals surface area contributed by atoms with Crippen molar-refractivity contribution in [1.82, 2.24) is 9.88 Å². The molecule has 1 aliphatic heterocycles. The summed E-state index contributed by atoms with van der Waals surface area (Å²) >= 11 is 0. The molecule has 1 fully saturated rings. The lowest BCUT2D eigenvalue weighted by Gasteiger charge is -2.33. The van der Waals surface area contributed by atoms with E-state index in [9.17, 15) is 4.79 Å². The maximum atomic E-state index is 11.5. The summed E-state index contributed by atoms with van der Waals surface area (Å²) in [5.41, 5.74) is 12.7. The Labute approximate surface area is 107 Å². The number of amides is 1. The maximum Gasteiger partial charge on any atom is 0.220 e. The topological polar surface area (TPSA) is 88.5 Å². The highest BCUT2D eigenvalue weighted by molar-refractivity contribution is 5.74. The minimum Gasteiger partial charge on any atom is -0.397 e. The van der Waals surface area contributed by atoms with E-state index < -0.39 is 0 Å². The summed E-state index contributed by atoms with van der Waals surface area (Å²) in [4.78, 5) is 19.6. The molecule has 18 heavy (non-hydrogen) atoms. The number of carbonyl (C=O) groups is 1. The van der Waals surface area contributed by atoms with Gasteiger partial charge >= 0.3 is 0 Å². The summed E-state index contributed by atoms with van der Waals surface area (Å²) in [5.74, 6) is 0.751. The molecular weight excluding hydrogens is 230 g/mol. The van der Waals surface area contributed by atoms with Gasteiger partial charge in [-0.25, -0.2) is 4.98 Å². The number of hydrogen-bond donors (Lipinski definition) is 2. The molecule has 1 aliphatic rings. The molecule has 98 valence electrons. The standard InChI is InChI=1S/C12H19N5O/c1-8(18)16(2)11-4-3-5-17(11)12-10(14)6-9(13)7-15-12/h6-7,11H,3-5,13-14H2,1-2H3. The second kappa shape index (κ2) is 4.72. The molecular formula is C12H19N5O. The van der Waals surface area contributed by atoms with E-state index in [0.717, 1.165) is 19.4 Å². The van der Waals surface area contributed by atoms with Crippen molar-refractivity contribution in [2.75, 3.05) is 30.0 Å². The number of aromatic nitrogens is 1. The Kier molecular flexibility index (Phi) is 3.27. The monoisotopic (exact) mass is 249 g/mol. The first-order chi connectivity index (χ1) is 8.50. The van der Waals surface area contributed by atoms with Crippen molar-refractivity contribution in [3.05, 3.63) is 12.3 Å². The fourth-order valence-corrected chi connectivity index (χ4v) is 2.34. The zero-order valence-electron chi connectivity index (χ0n) is 10.8. The molecule has 1 unspecified atom stereocenters. The summed E-state index contributed by atoms with van der Waals surface area (Å²) in [6.07, 6.45) is 3.57. The number of hydrogen-bond acceptors (Lipinski definition) is 5. The fourth-order valence-electron chi connectivity index (χ4n) is 2.34. The summed E-state index contributed by atoms with van der Waals surface area (Å²) in [7, 11) is 1.80. The number of nitrogens with zero attached hydrogens (tertiary/aromatic N) is 3. The van der Waals surface area contributed by atoms with Gasteiger partial charge in [-0.3, -0.25) is 4.79 Å². The van der Waals surface area contributed by atoms with Gasteiger partial charge < -0.3 is 21.3 Å². The number of nitrogens with two attached hydrogens (primary N) is 2. The van der Waals surface area contributed by atoms with Gasteiger partial charge in [0.25, 0.3) is 0 Å². The fraction of sp³-hybridized carbons (Fsp3) is 0.500. The van der Waals surface area contributed by atoms with Crippen LogP contribution in [-0.2, 0) is 4.79 Å². The quantitative estimate of drug-likeness (QED) is 0.803. The third kappa shape index (κ3) is 2.18. The molecule has 6 nitrogen and oxygen atoms in total. The van der Waals surface area contributed by atoms with E-state index in [4.69, 9.17) is 11.5 Å². The Bertz CT molecular complexity index is 462.